The van der Waals surface area contributed by atoms with E-state index in [1.54, 1.807) is 0 Å². The predicted octanol–water partition coefficient (Wildman–Crippen LogP) is 6.31. The summed E-state index contributed by atoms with van der Waals surface area (Å²) in [4.78, 5) is 10.0. The Hall–Kier alpha value is -2.49. The van der Waals surface area contributed by atoms with Gasteiger partial charge in [0.2, 0.25) is 5.95 Å². The Balaban J connectivity index is 1.51. The van der Waals surface area contributed by atoms with Crippen molar-refractivity contribution < 1.29 is 17.6 Å². The van der Waals surface area contributed by atoms with E-state index in [1.165, 1.54) is 12.1 Å². The van der Waals surface area contributed by atoms with Crippen LogP contribution >= 0.6 is 12.2 Å². The number of nitrogens with zero attached hydrogens (tertiary/aromatic N) is 3. The van der Waals surface area contributed by atoms with Crippen molar-refractivity contribution in [2.45, 2.75) is 64.0 Å². The first-order valence-electron chi connectivity index (χ1n) is 12.6. The third kappa shape index (κ3) is 6.44. The summed E-state index contributed by atoms with van der Waals surface area (Å²) < 4.78 is 54.5. The van der Waals surface area contributed by atoms with Gasteiger partial charge in [0.15, 0.2) is 10.8 Å². The molecule has 1 saturated heterocycles. The Bertz CT molecular complexity index is 1040. The molecule has 0 spiro atoms. The van der Waals surface area contributed by atoms with Crippen LogP contribution in [0, 0.1) is 17.7 Å². The highest BCUT2D eigenvalue weighted by Gasteiger charge is 2.36. The van der Waals surface area contributed by atoms with Crippen molar-refractivity contribution in [2.24, 2.45) is 11.8 Å². The molecule has 1 aromatic carbocycles. The van der Waals surface area contributed by atoms with Gasteiger partial charge in [-0.1, -0.05) is 45.2 Å². The zero-order valence-electron chi connectivity index (χ0n) is 20.7. The van der Waals surface area contributed by atoms with Crippen molar-refractivity contribution in [1.82, 2.24) is 15.3 Å². The minimum atomic E-state index is -4.61. The largest absolute Gasteiger partial charge is 0.433 e. The lowest BCUT2D eigenvalue weighted by Gasteiger charge is -2.38. The monoisotopic (exact) mass is 523 g/mol. The molecule has 1 saturated carbocycles. The van der Waals surface area contributed by atoms with E-state index in [9.17, 15) is 17.6 Å². The van der Waals surface area contributed by atoms with E-state index in [1.807, 2.05) is 17.0 Å². The Morgan fingerprint density at radius 3 is 2.31 bits per heavy atom. The second kappa shape index (κ2) is 10.9. The zero-order chi connectivity index (χ0) is 25.9. The minimum Gasteiger partial charge on any atom is -0.361 e. The first-order chi connectivity index (χ1) is 17.0. The van der Waals surface area contributed by atoms with Gasteiger partial charge in [-0.15, -0.1) is 0 Å². The van der Waals surface area contributed by atoms with Crippen LogP contribution in [-0.4, -0.2) is 34.7 Å². The Labute approximate surface area is 215 Å². The summed E-state index contributed by atoms with van der Waals surface area (Å²) in [6, 6.07) is 7.55. The first kappa shape index (κ1) is 26.6. The SMILES string of the molecule is C[C@@H]1C[C@H](C)CN(c2cc(C(F)(F)F)nc(NC(=S)NCC3(c4ccc(F)cc4)CCCCC3)n2)C1. The number of benzene rings is 1. The fraction of sp³-hybridized carbons (Fsp3) is 0.577. The number of halogens is 4. The van der Waals surface area contributed by atoms with Crippen LogP contribution in [0.5, 0.6) is 0 Å². The summed E-state index contributed by atoms with van der Waals surface area (Å²) in [5.41, 5.74) is -0.194. The van der Waals surface area contributed by atoms with E-state index in [-0.39, 0.29) is 28.1 Å². The lowest BCUT2D eigenvalue weighted by atomic mass is 9.69. The lowest BCUT2D eigenvalue weighted by molar-refractivity contribution is -0.141. The number of hydrogen-bond acceptors (Lipinski definition) is 4. The van der Waals surface area contributed by atoms with Crippen LogP contribution in [0.1, 0.15) is 63.6 Å². The summed E-state index contributed by atoms with van der Waals surface area (Å²) in [5.74, 6) is 0.495. The van der Waals surface area contributed by atoms with Crippen molar-refractivity contribution in [3.8, 4) is 0 Å². The third-order valence-corrected chi connectivity index (χ3v) is 7.52. The van der Waals surface area contributed by atoms with Crippen LogP contribution in [0.25, 0.3) is 0 Å². The second-order valence-electron chi connectivity index (χ2n) is 10.4. The highest BCUT2D eigenvalue weighted by Crippen LogP contribution is 2.39. The van der Waals surface area contributed by atoms with Gasteiger partial charge < -0.3 is 15.5 Å². The average molecular weight is 524 g/mol. The molecule has 10 heteroatoms. The molecule has 36 heavy (non-hydrogen) atoms. The number of hydrogen-bond donors (Lipinski definition) is 2. The summed E-state index contributed by atoms with van der Waals surface area (Å²) in [7, 11) is 0. The van der Waals surface area contributed by atoms with Crippen molar-refractivity contribution >= 4 is 29.1 Å². The van der Waals surface area contributed by atoms with Crippen LogP contribution in [0.15, 0.2) is 30.3 Å². The molecule has 2 atom stereocenters. The molecular formula is C26H33F4N5S. The molecule has 2 aliphatic rings. The molecule has 1 aliphatic heterocycles. The molecule has 0 bridgehead atoms. The number of nitrogens with one attached hydrogen (secondary N) is 2. The van der Waals surface area contributed by atoms with Crippen molar-refractivity contribution in [2.75, 3.05) is 29.9 Å². The first-order valence-corrected chi connectivity index (χ1v) is 13.0. The lowest BCUT2D eigenvalue weighted by Crippen LogP contribution is -2.44. The molecule has 0 radical (unpaired) electrons. The van der Waals surface area contributed by atoms with Crippen molar-refractivity contribution in [1.29, 1.82) is 0 Å². The van der Waals surface area contributed by atoms with Crippen LogP contribution < -0.4 is 15.5 Å². The molecule has 2 N–H and O–H groups in total. The standard InChI is InChI=1S/C26H33F4N5S/c1-17-12-18(2)15-35(14-17)22-13-21(26(28,29)30)32-23(33-22)34-24(36)31-16-25(10-4-3-5-11-25)19-6-8-20(27)9-7-19/h6-9,13,17-18H,3-5,10-12,14-16H2,1-2H3,(H2,31,32,33,34,36)/t17-,18+. The molecule has 0 unspecified atom stereocenters. The number of aromatic nitrogens is 2. The number of piperidine rings is 1. The summed E-state index contributed by atoms with van der Waals surface area (Å²) in [6.07, 6.45) is 1.50. The van der Waals surface area contributed by atoms with E-state index in [4.69, 9.17) is 12.2 Å². The van der Waals surface area contributed by atoms with Crippen LogP contribution in [0.4, 0.5) is 29.3 Å². The molecule has 0 amide bonds. The van der Waals surface area contributed by atoms with Gasteiger partial charge in [0.05, 0.1) is 0 Å². The van der Waals surface area contributed by atoms with Gasteiger partial charge in [-0.05, 0) is 61.0 Å². The fourth-order valence-electron chi connectivity index (χ4n) is 5.64. The Morgan fingerprint density at radius 2 is 1.69 bits per heavy atom. The maximum atomic E-state index is 13.7. The summed E-state index contributed by atoms with van der Waals surface area (Å²) in [5, 5.41) is 6.12. The summed E-state index contributed by atoms with van der Waals surface area (Å²) >= 11 is 5.44. The average Bonchev–Trinajstić information content (AvgIpc) is 2.82. The molecular weight excluding hydrogens is 490 g/mol. The van der Waals surface area contributed by atoms with Crippen LogP contribution in [0.3, 0.4) is 0 Å². The third-order valence-electron chi connectivity index (χ3n) is 7.28. The highest BCUT2D eigenvalue weighted by molar-refractivity contribution is 7.80. The quantitative estimate of drug-likeness (QED) is 0.354. The zero-order valence-corrected chi connectivity index (χ0v) is 21.5. The van der Waals surface area contributed by atoms with Crippen molar-refractivity contribution in [3.05, 3.63) is 47.4 Å². The second-order valence-corrected chi connectivity index (χ2v) is 10.8. The van der Waals surface area contributed by atoms with Crippen LogP contribution in [0.2, 0.25) is 0 Å². The smallest absolute Gasteiger partial charge is 0.361 e. The summed E-state index contributed by atoms with van der Waals surface area (Å²) in [6.45, 7) is 5.95. The van der Waals surface area contributed by atoms with Crippen LogP contribution in [-0.2, 0) is 11.6 Å². The van der Waals surface area contributed by atoms with Gasteiger partial charge >= 0.3 is 6.18 Å². The molecule has 2 heterocycles. The van der Waals surface area contributed by atoms with Gasteiger partial charge in [-0.25, -0.2) is 9.37 Å². The maximum absolute atomic E-state index is 13.7. The van der Waals surface area contributed by atoms with E-state index < -0.39 is 11.9 Å². The van der Waals surface area contributed by atoms with E-state index in [0.717, 1.165) is 50.2 Å². The number of anilines is 2. The number of thiocarbonyl (C=S) groups is 1. The topological polar surface area (TPSA) is 53.1 Å². The molecule has 4 rings (SSSR count). The van der Waals surface area contributed by atoms with Gasteiger partial charge in [0, 0.05) is 31.1 Å². The number of alkyl halides is 3. The molecule has 5 nitrogen and oxygen atoms in total. The molecule has 196 valence electrons. The number of rotatable bonds is 5. The van der Waals surface area contributed by atoms with Crippen molar-refractivity contribution in [3.63, 3.8) is 0 Å². The van der Waals surface area contributed by atoms with E-state index >= 15 is 0 Å². The van der Waals surface area contributed by atoms with E-state index in [2.05, 4.69) is 34.4 Å². The highest BCUT2D eigenvalue weighted by atomic mass is 32.1. The van der Waals surface area contributed by atoms with Gasteiger partial charge in [-0.3, -0.25) is 0 Å². The normalized spacial score (nSPS) is 22.2. The fourth-order valence-corrected chi connectivity index (χ4v) is 5.81. The molecule has 2 aromatic rings. The van der Waals surface area contributed by atoms with Gasteiger partial charge in [0.25, 0.3) is 0 Å². The Kier molecular flexibility index (Phi) is 8.02. The Morgan fingerprint density at radius 1 is 1.06 bits per heavy atom. The van der Waals surface area contributed by atoms with Gasteiger partial charge in [0.1, 0.15) is 11.6 Å². The predicted molar refractivity (Wildman–Crippen MR) is 138 cm³/mol. The minimum absolute atomic E-state index is 0.160. The molecule has 2 fully saturated rings. The molecule has 1 aliphatic carbocycles. The van der Waals surface area contributed by atoms with E-state index in [0.29, 0.717) is 31.5 Å². The van der Waals surface area contributed by atoms with Gasteiger partial charge in [-0.2, -0.15) is 18.2 Å². The maximum Gasteiger partial charge on any atom is 0.433 e. The molecule has 1 aromatic heterocycles.